The van der Waals surface area contributed by atoms with Crippen LogP contribution in [0.15, 0.2) is 11.0 Å². The molecule has 0 aromatic carbocycles. The number of hydrogen-bond donors (Lipinski definition) is 0. The van der Waals surface area contributed by atoms with Crippen molar-refractivity contribution < 1.29 is 23.3 Å². The molecule has 2 aliphatic rings. The van der Waals surface area contributed by atoms with Gasteiger partial charge in [0.1, 0.15) is 13.1 Å². The summed E-state index contributed by atoms with van der Waals surface area (Å²) in [5.74, 6) is 0.937. The van der Waals surface area contributed by atoms with E-state index in [9.17, 15) is 9.59 Å². The Kier molecular flexibility index (Phi) is 1.97. The summed E-state index contributed by atoms with van der Waals surface area (Å²) in [6.07, 6.45) is 0. The minimum Gasteiger partial charge on any atom is -0.596 e. The van der Waals surface area contributed by atoms with E-state index in [1.165, 1.54) is 0 Å². The highest BCUT2D eigenvalue weighted by molar-refractivity contribution is 9.11. The lowest BCUT2D eigenvalue weighted by atomic mass is 9.69. The lowest BCUT2D eigenvalue weighted by Gasteiger charge is -2.37. The first-order chi connectivity index (χ1) is 6.51. The van der Waals surface area contributed by atoms with Crippen LogP contribution in [0.1, 0.15) is 0 Å². The highest BCUT2D eigenvalue weighted by Gasteiger charge is 2.63. The third-order valence-electron chi connectivity index (χ3n) is 2.77. The third kappa shape index (κ3) is 1.12. The van der Waals surface area contributed by atoms with E-state index in [1.807, 2.05) is 0 Å². The van der Waals surface area contributed by atoms with E-state index in [-0.39, 0.29) is 29.4 Å². The molecule has 0 aliphatic carbocycles. The van der Waals surface area contributed by atoms with E-state index < -0.39 is 6.69 Å². The van der Waals surface area contributed by atoms with E-state index in [0.29, 0.717) is 0 Å². The Labute approximate surface area is 89.4 Å². The standard InChI is InChI=1S/C7H9BBrNO4/c1-10-4-6(11)13-8(10,2-3-9)14-7(12)5-10/h2-3H,4-5H2,1H3/b3-2+. The molecule has 2 fully saturated rings. The van der Waals surface area contributed by atoms with Gasteiger partial charge in [0.05, 0.1) is 0 Å². The quantitative estimate of drug-likeness (QED) is 0.621. The molecule has 0 atom stereocenters. The zero-order valence-electron chi connectivity index (χ0n) is 7.60. The zero-order valence-corrected chi connectivity index (χ0v) is 9.19. The molecule has 2 aliphatic heterocycles. The van der Waals surface area contributed by atoms with Crippen LogP contribution in [0, 0.1) is 0 Å². The summed E-state index contributed by atoms with van der Waals surface area (Å²) >= 11 is 3.10. The van der Waals surface area contributed by atoms with Crippen molar-refractivity contribution in [2.45, 2.75) is 0 Å². The minimum atomic E-state index is -1.97. The fourth-order valence-electron chi connectivity index (χ4n) is 2.01. The molecular weight excluding hydrogens is 253 g/mol. The third-order valence-corrected chi connectivity index (χ3v) is 3.07. The number of carbonyl (C=O) groups excluding carboxylic acids is 2. The van der Waals surface area contributed by atoms with Crippen molar-refractivity contribution in [1.82, 2.24) is 0 Å². The van der Waals surface area contributed by atoms with Crippen LogP contribution >= 0.6 is 15.9 Å². The predicted molar refractivity (Wildman–Crippen MR) is 51.9 cm³/mol. The summed E-state index contributed by atoms with van der Waals surface area (Å²) in [5.41, 5.74) is 0. The molecule has 0 saturated carbocycles. The van der Waals surface area contributed by atoms with Gasteiger partial charge in [-0.2, -0.15) is 0 Å². The number of likely N-dealkylation sites (N-methyl/N-ethyl adjacent to an activating group) is 1. The highest BCUT2D eigenvalue weighted by Crippen LogP contribution is 2.34. The van der Waals surface area contributed by atoms with Crippen molar-refractivity contribution in [2.75, 3.05) is 20.1 Å². The van der Waals surface area contributed by atoms with Crippen LogP contribution in [0.3, 0.4) is 0 Å². The van der Waals surface area contributed by atoms with Crippen molar-refractivity contribution in [2.24, 2.45) is 0 Å². The molecule has 0 spiro atoms. The van der Waals surface area contributed by atoms with E-state index in [1.54, 1.807) is 18.0 Å². The molecular formula is C7H9BBrNO4. The summed E-state index contributed by atoms with van der Waals surface area (Å²) in [4.78, 5) is 23.9. The molecule has 0 radical (unpaired) electrons. The lowest BCUT2D eigenvalue weighted by Crippen LogP contribution is -2.58. The summed E-state index contributed by atoms with van der Waals surface area (Å²) in [6, 6.07) is 0. The van der Waals surface area contributed by atoms with Crippen molar-refractivity contribution in [3.8, 4) is 0 Å². The molecule has 0 aromatic heterocycles. The van der Waals surface area contributed by atoms with Crippen LogP contribution in [0.5, 0.6) is 0 Å². The maximum atomic E-state index is 11.2. The zero-order chi connectivity index (χ0) is 10.4. The maximum absolute atomic E-state index is 11.2. The monoisotopic (exact) mass is 261 g/mol. The van der Waals surface area contributed by atoms with E-state index in [4.69, 9.17) is 9.31 Å². The van der Waals surface area contributed by atoms with Gasteiger partial charge in [-0.25, -0.2) is 0 Å². The Balaban J connectivity index is 2.44. The molecule has 76 valence electrons. The molecule has 2 heterocycles. The highest BCUT2D eigenvalue weighted by atomic mass is 79.9. The van der Waals surface area contributed by atoms with Crippen molar-refractivity contribution in [3.63, 3.8) is 0 Å². The smallest absolute Gasteiger partial charge is 0.596 e. The first-order valence-electron chi connectivity index (χ1n) is 4.22. The van der Waals surface area contributed by atoms with E-state index >= 15 is 0 Å². The summed E-state index contributed by atoms with van der Waals surface area (Å²) in [5, 5.41) is 0. The number of carbonyl (C=O) groups is 2. The van der Waals surface area contributed by atoms with Crippen LogP contribution in [0.2, 0.25) is 0 Å². The fourth-order valence-corrected chi connectivity index (χ4v) is 2.39. The molecule has 0 unspecified atom stereocenters. The van der Waals surface area contributed by atoms with Crippen molar-refractivity contribution >= 4 is 34.6 Å². The number of quaternary nitrogens is 1. The first kappa shape index (κ1) is 9.73. The van der Waals surface area contributed by atoms with Gasteiger partial charge in [-0.3, -0.25) is 9.59 Å². The second kappa shape index (κ2) is 2.84. The van der Waals surface area contributed by atoms with Gasteiger partial charge in [-0.1, -0.05) is 21.9 Å². The second-order valence-corrected chi connectivity index (χ2v) is 4.35. The molecule has 0 aromatic rings. The van der Waals surface area contributed by atoms with Crippen LogP contribution in [-0.4, -0.2) is 43.2 Å². The van der Waals surface area contributed by atoms with Gasteiger partial charge >= 0.3 is 18.6 Å². The lowest BCUT2D eigenvalue weighted by molar-refractivity contribution is -0.791. The Hall–Kier alpha value is -0.815. The normalized spacial score (nSPS) is 41.3. The summed E-state index contributed by atoms with van der Waals surface area (Å²) in [6.45, 7) is -1.60. The average Bonchev–Trinajstić information content (AvgIpc) is 2.33. The van der Waals surface area contributed by atoms with Gasteiger partial charge in [-0.15, -0.1) is 0 Å². The summed E-state index contributed by atoms with van der Waals surface area (Å²) in [7, 11) is 1.78. The van der Waals surface area contributed by atoms with Crippen molar-refractivity contribution in [3.05, 3.63) is 11.0 Å². The molecule has 5 nitrogen and oxygen atoms in total. The van der Waals surface area contributed by atoms with Gasteiger partial charge in [0.15, 0.2) is 0 Å². The van der Waals surface area contributed by atoms with Gasteiger partial charge in [0.25, 0.3) is 0 Å². The summed E-state index contributed by atoms with van der Waals surface area (Å²) < 4.78 is 10.4. The Morgan fingerprint density at radius 3 is 2.29 bits per heavy atom. The molecule has 14 heavy (non-hydrogen) atoms. The number of rotatable bonds is 1. The second-order valence-electron chi connectivity index (χ2n) is 3.82. The topological polar surface area (TPSA) is 52.6 Å². The molecule has 2 saturated heterocycles. The number of fused-ring (bicyclic) bond motifs is 1. The Morgan fingerprint density at radius 1 is 1.36 bits per heavy atom. The van der Waals surface area contributed by atoms with Crippen LogP contribution in [-0.2, 0) is 18.9 Å². The van der Waals surface area contributed by atoms with Gasteiger partial charge in [0.2, 0.25) is 0 Å². The largest absolute Gasteiger partial charge is 0.608 e. The molecule has 0 bridgehead atoms. The first-order valence-corrected chi connectivity index (χ1v) is 5.13. The SMILES string of the molecule is C[N+]12CC(=O)O[B-]1(/C=C/Br)OC(=O)C2. The molecule has 7 heteroatoms. The average molecular weight is 262 g/mol. The molecule has 0 N–H and O–H groups in total. The Bertz CT molecular complexity index is 323. The van der Waals surface area contributed by atoms with E-state index in [0.717, 1.165) is 0 Å². The number of halogens is 1. The maximum Gasteiger partial charge on any atom is 0.608 e. The number of hydrogen-bond acceptors (Lipinski definition) is 4. The Morgan fingerprint density at radius 2 is 1.86 bits per heavy atom. The van der Waals surface area contributed by atoms with Crippen molar-refractivity contribution in [1.29, 1.82) is 0 Å². The fraction of sp³-hybridized carbons (Fsp3) is 0.429. The van der Waals surface area contributed by atoms with E-state index in [2.05, 4.69) is 15.9 Å². The molecule has 0 amide bonds. The van der Waals surface area contributed by atoms with Crippen LogP contribution in [0.25, 0.3) is 0 Å². The van der Waals surface area contributed by atoms with Gasteiger partial charge in [-0.05, 0) is 4.99 Å². The van der Waals surface area contributed by atoms with Crippen LogP contribution < -0.4 is 0 Å². The molecule has 2 rings (SSSR count). The van der Waals surface area contributed by atoms with Crippen LogP contribution in [0.4, 0.5) is 0 Å². The number of nitrogens with zero attached hydrogens (tertiary/aromatic N) is 1. The van der Waals surface area contributed by atoms with Gasteiger partial charge < -0.3 is 13.7 Å². The van der Waals surface area contributed by atoms with Gasteiger partial charge in [0, 0.05) is 7.05 Å². The minimum absolute atomic E-state index is 0.184. The predicted octanol–water partition coefficient (Wildman–Crippen LogP) is -0.0667.